The van der Waals surface area contributed by atoms with Crippen LogP contribution in [0.25, 0.3) is 0 Å². The molecule has 3 N–H and O–H groups in total. The first-order valence-electron chi connectivity index (χ1n) is 6.69. The summed E-state index contributed by atoms with van der Waals surface area (Å²) in [5, 5.41) is 16.4. The van der Waals surface area contributed by atoms with Crippen LogP contribution in [0.5, 0.6) is 0 Å². The Bertz CT molecular complexity index is 459. The molecular formula is C13H21N3O3S. The van der Waals surface area contributed by atoms with Crippen molar-refractivity contribution in [2.45, 2.75) is 52.0 Å². The lowest BCUT2D eigenvalue weighted by molar-refractivity contribution is -0.139. The van der Waals surface area contributed by atoms with Crippen LogP contribution >= 0.6 is 11.3 Å². The van der Waals surface area contributed by atoms with Gasteiger partial charge in [0.2, 0.25) is 0 Å². The largest absolute Gasteiger partial charge is 0.480 e. The van der Waals surface area contributed by atoms with E-state index in [4.69, 9.17) is 5.11 Å². The zero-order valence-corrected chi connectivity index (χ0v) is 12.8. The Labute approximate surface area is 122 Å². The molecule has 0 saturated carbocycles. The van der Waals surface area contributed by atoms with Crippen molar-refractivity contribution < 1.29 is 14.7 Å². The van der Waals surface area contributed by atoms with Gasteiger partial charge in [0.25, 0.3) is 0 Å². The number of aromatic nitrogens is 1. The molecule has 1 aromatic heterocycles. The number of nitrogens with zero attached hydrogens (tertiary/aromatic N) is 1. The van der Waals surface area contributed by atoms with Crippen molar-refractivity contribution in [1.29, 1.82) is 0 Å². The normalized spacial score (nSPS) is 12.2. The summed E-state index contributed by atoms with van der Waals surface area (Å²) in [6.07, 6.45) is 2.07. The Hall–Kier alpha value is -1.63. The number of rotatable bonds is 7. The lowest BCUT2D eigenvalue weighted by Crippen LogP contribution is -2.42. The van der Waals surface area contributed by atoms with Crippen LogP contribution in [-0.2, 0) is 4.79 Å². The van der Waals surface area contributed by atoms with E-state index in [1.165, 1.54) is 11.3 Å². The van der Waals surface area contributed by atoms with Gasteiger partial charge in [-0.1, -0.05) is 33.6 Å². The lowest BCUT2D eigenvalue weighted by atomic mass is 10.1. The van der Waals surface area contributed by atoms with Gasteiger partial charge in [-0.05, 0) is 12.3 Å². The maximum atomic E-state index is 11.8. The van der Waals surface area contributed by atoms with E-state index < -0.39 is 18.0 Å². The molecule has 1 aromatic rings. The Morgan fingerprint density at radius 1 is 1.45 bits per heavy atom. The van der Waals surface area contributed by atoms with Crippen molar-refractivity contribution in [2.75, 3.05) is 5.32 Å². The van der Waals surface area contributed by atoms with Gasteiger partial charge >= 0.3 is 12.0 Å². The second-order valence-electron chi connectivity index (χ2n) is 4.86. The maximum absolute atomic E-state index is 11.8. The summed E-state index contributed by atoms with van der Waals surface area (Å²) < 4.78 is 0. The summed E-state index contributed by atoms with van der Waals surface area (Å²) in [5.41, 5.74) is 0.908. The summed E-state index contributed by atoms with van der Waals surface area (Å²) in [5.74, 6) is -0.725. The highest BCUT2D eigenvalue weighted by Crippen LogP contribution is 2.21. The second-order valence-corrected chi connectivity index (χ2v) is 5.72. The topological polar surface area (TPSA) is 91.3 Å². The number of carbonyl (C=O) groups is 2. The zero-order valence-electron chi connectivity index (χ0n) is 12.0. The zero-order chi connectivity index (χ0) is 15.1. The van der Waals surface area contributed by atoms with Gasteiger partial charge in [0.05, 0.1) is 5.69 Å². The predicted molar refractivity (Wildman–Crippen MR) is 79.3 cm³/mol. The molecule has 0 fully saturated rings. The molecule has 2 amide bonds. The number of nitrogens with one attached hydrogen (secondary N) is 2. The van der Waals surface area contributed by atoms with E-state index in [-0.39, 0.29) is 0 Å². The maximum Gasteiger partial charge on any atom is 0.326 e. The molecule has 0 spiro atoms. The number of anilines is 1. The number of unbranched alkanes of at least 4 members (excludes halogenated alkanes) is 1. The molecule has 0 aromatic carbocycles. The highest BCUT2D eigenvalue weighted by molar-refractivity contribution is 7.13. The van der Waals surface area contributed by atoms with Crippen LogP contribution in [0, 0.1) is 0 Å². The molecule has 7 heteroatoms. The Kier molecular flexibility index (Phi) is 6.44. The SMILES string of the molecule is CCCC[C@H](NC(=O)Nc1nc(C(C)C)cs1)C(=O)O. The van der Waals surface area contributed by atoms with Crippen LogP contribution in [0.15, 0.2) is 5.38 Å². The van der Waals surface area contributed by atoms with Gasteiger partial charge in [-0.2, -0.15) is 0 Å². The van der Waals surface area contributed by atoms with Crippen LogP contribution in [0.4, 0.5) is 9.93 Å². The number of thiazole rings is 1. The smallest absolute Gasteiger partial charge is 0.326 e. The highest BCUT2D eigenvalue weighted by Gasteiger charge is 2.19. The molecule has 0 bridgehead atoms. The molecule has 0 aliphatic rings. The predicted octanol–water partition coefficient (Wildman–Crippen LogP) is 3.03. The van der Waals surface area contributed by atoms with E-state index in [9.17, 15) is 9.59 Å². The molecular weight excluding hydrogens is 278 g/mol. The van der Waals surface area contributed by atoms with Gasteiger partial charge in [0.15, 0.2) is 5.13 Å². The van der Waals surface area contributed by atoms with E-state index in [0.717, 1.165) is 18.5 Å². The third kappa shape index (κ3) is 5.16. The van der Waals surface area contributed by atoms with Gasteiger partial charge in [-0.25, -0.2) is 14.6 Å². The van der Waals surface area contributed by atoms with Crippen molar-refractivity contribution in [3.8, 4) is 0 Å². The van der Waals surface area contributed by atoms with E-state index in [1.807, 2.05) is 26.2 Å². The summed E-state index contributed by atoms with van der Waals surface area (Å²) in [6.45, 7) is 6.01. The van der Waals surface area contributed by atoms with E-state index in [1.54, 1.807) is 0 Å². The average molecular weight is 299 g/mol. The van der Waals surface area contributed by atoms with E-state index in [2.05, 4.69) is 15.6 Å². The number of carboxylic acid groups (broad SMARTS) is 1. The Morgan fingerprint density at radius 2 is 2.15 bits per heavy atom. The number of hydrogen-bond donors (Lipinski definition) is 3. The molecule has 0 aliphatic heterocycles. The van der Waals surface area contributed by atoms with Crippen LogP contribution in [0.2, 0.25) is 0 Å². The fourth-order valence-corrected chi connectivity index (χ4v) is 2.43. The molecule has 1 atom stereocenters. The molecule has 0 aliphatic carbocycles. The minimum Gasteiger partial charge on any atom is -0.480 e. The van der Waals surface area contributed by atoms with Crippen molar-refractivity contribution >= 4 is 28.5 Å². The number of amides is 2. The van der Waals surface area contributed by atoms with Gasteiger partial charge in [-0.15, -0.1) is 11.3 Å². The first kappa shape index (κ1) is 16.4. The number of urea groups is 1. The fraction of sp³-hybridized carbons (Fsp3) is 0.615. The first-order valence-corrected chi connectivity index (χ1v) is 7.57. The van der Waals surface area contributed by atoms with E-state index >= 15 is 0 Å². The fourth-order valence-electron chi connectivity index (χ4n) is 1.57. The lowest BCUT2D eigenvalue weighted by Gasteiger charge is -2.13. The first-order chi connectivity index (χ1) is 9.43. The van der Waals surface area contributed by atoms with Gasteiger partial charge in [0.1, 0.15) is 6.04 Å². The van der Waals surface area contributed by atoms with Crippen LogP contribution in [0.1, 0.15) is 51.6 Å². The van der Waals surface area contributed by atoms with Crippen LogP contribution in [0.3, 0.4) is 0 Å². The third-order valence-corrected chi connectivity index (χ3v) is 3.56. The minimum atomic E-state index is -1.02. The third-order valence-electron chi connectivity index (χ3n) is 2.78. The standard InChI is InChI=1S/C13H21N3O3S/c1-4-5-6-9(11(17)18)14-12(19)16-13-15-10(7-20-13)8(2)3/h7-9H,4-6H2,1-3H3,(H,17,18)(H2,14,15,16,19)/t9-/m0/s1. The van der Waals surface area contributed by atoms with Crippen molar-refractivity contribution in [3.63, 3.8) is 0 Å². The number of aliphatic carboxylic acids is 1. The number of carbonyl (C=O) groups excluding carboxylic acids is 1. The molecule has 112 valence electrons. The van der Waals surface area contributed by atoms with E-state index in [0.29, 0.717) is 17.5 Å². The molecule has 6 nitrogen and oxygen atoms in total. The van der Waals surface area contributed by atoms with Gasteiger partial charge in [0, 0.05) is 5.38 Å². The van der Waals surface area contributed by atoms with Crippen molar-refractivity contribution in [3.05, 3.63) is 11.1 Å². The summed E-state index contributed by atoms with van der Waals surface area (Å²) in [7, 11) is 0. The minimum absolute atomic E-state index is 0.293. The molecule has 1 heterocycles. The Balaban J connectivity index is 2.54. The number of carboxylic acids is 1. The summed E-state index contributed by atoms with van der Waals surface area (Å²) in [4.78, 5) is 27.0. The number of hydrogen-bond acceptors (Lipinski definition) is 4. The van der Waals surface area contributed by atoms with Gasteiger partial charge in [-0.3, -0.25) is 5.32 Å². The highest BCUT2D eigenvalue weighted by atomic mass is 32.1. The molecule has 0 saturated heterocycles. The summed E-state index contributed by atoms with van der Waals surface area (Å²) in [6, 6.07) is -1.39. The summed E-state index contributed by atoms with van der Waals surface area (Å²) >= 11 is 1.33. The Morgan fingerprint density at radius 3 is 2.65 bits per heavy atom. The van der Waals surface area contributed by atoms with Gasteiger partial charge < -0.3 is 10.4 Å². The van der Waals surface area contributed by atoms with Crippen molar-refractivity contribution in [2.24, 2.45) is 0 Å². The average Bonchev–Trinajstić information content (AvgIpc) is 2.82. The molecule has 0 radical (unpaired) electrons. The molecule has 0 unspecified atom stereocenters. The quantitative estimate of drug-likeness (QED) is 0.721. The van der Waals surface area contributed by atoms with Crippen LogP contribution in [-0.4, -0.2) is 28.1 Å². The monoisotopic (exact) mass is 299 g/mol. The molecule has 20 heavy (non-hydrogen) atoms. The second kappa shape index (κ2) is 7.84. The van der Waals surface area contributed by atoms with Crippen LogP contribution < -0.4 is 10.6 Å². The van der Waals surface area contributed by atoms with Crippen molar-refractivity contribution in [1.82, 2.24) is 10.3 Å². The molecule has 1 rings (SSSR count).